The van der Waals surface area contributed by atoms with E-state index in [9.17, 15) is 0 Å². The number of hydrogen-bond donors (Lipinski definition) is 0. The Balaban J connectivity index is 0.00000132. The molecule has 3 rings (SSSR count). The third kappa shape index (κ3) is 3.97. The first-order valence-electron chi connectivity index (χ1n) is 7.18. The number of imidazole rings is 1. The van der Waals surface area contributed by atoms with E-state index < -0.39 is 0 Å². The number of allylic oxidation sites excluding steroid dienone is 1. The molecule has 0 saturated carbocycles. The molecule has 1 atom stereocenters. The summed E-state index contributed by atoms with van der Waals surface area (Å²) in [6.45, 7) is 9.05. The minimum atomic E-state index is 0. The van der Waals surface area contributed by atoms with Crippen molar-refractivity contribution >= 4 is 59.0 Å². The van der Waals surface area contributed by atoms with Crippen LogP contribution in [0.25, 0.3) is 11.0 Å². The smallest absolute Gasteiger partial charge is 0.203 e. The third-order valence-electron chi connectivity index (χ3n) is 4.08. The third-order valence-corrected chi connectivity index (χ3v) is 4.72. The Labute approximate surface area is 159 Å². The van der Waals surface area contributed by atoms with E-state index in [-0.39, 0.29) is 24.8 Å². The topological polar surface area (TPSA) is 21.1 Å². The van der Waals surface area contributed by atoms with E-state index in [2.05, 4.69) is 41.3 Å². The number of hydrogen-bond acceptors (Lipinski definition) is 2. The summed E-state index contributed by atoms with van der Waals surface area (Å²) in [5, 5.41) is 1.33. The van der Waals surface area contributed by atoms with E-state index in [4.69, 9.17) is 23.2 Å². The Kier molecular flexibility index (Phi) is 7.24. The van der Waals surface area contributed by atoms with Crippen LogP contribution in [0.1, 0.15) is 26.3 Å². The van der Waals surface area contributed by atoms with Crippen molar-refractivity contribution in [3.05, 3.63) is 39.7 Å². The lowest BCUT2D eigenvalue weighted by Crippen LogP contribution is -2.34. The molecule has 128 valence electrons. The Morgan fingerprint density at radius 2 is 2.00 bits per heavy atom. The molecule has 0 unspecified atom stereocenters. The summed E-state index contributed by atoms with van der Waals surface area (Å²) >= 11 is 12.8. The standard InChI is InChI=1S/C16H19Cl2N3.2ClH/c1-10(2)6-7-20-9-12-13(17)4-5-14-15(12)21(8-11(20)3)16(18)19-14;;/h4-6,11H,7-9H2,1-3H3;2*1H/t11-;;/m0../s1. The van der Waals surface area contributed by atoms with Gasteiger partial charge in [0.25, 0.3) is 0 Å². The van der Waals surface area contributed by atoms with Crippen LogP contribution in [0.4, 0.5) is 0 Å². The minimum absolute atomic E-state index is 0. The summed E-state index contributed by atoms with van der Waals surface area (Å²) in [5.74, 6) is 0. The molecule has 0 amide bonds. The second-order valence-corrected chi connectivity index (χ2v) is 6.69. The van der Waals surface area contributed by atoms with Gasteiger partial charge in [-0.05, 0) is 44.5 Å². The maximum absolute atomic E-state index is 6.44. The summed E-state index contributed by atoms with van der Waals surface area (Å²) < 4.78 is 2.09. The molecule has 0 spiro atoms. The van der Waals surface area contributed by atoms with E-state index in [1.54, 1.807) is 0 Å². The van der Waals surface area contributed by atoms with Gasteiger partial charge in [-0.2, -0.15) is 0 Å². The molecular formula is C16H21Cl4N3. The van der Waals surface area contributed by atoms with E-state index in [0.29, 0.717) is 11.3 Å². The maximum Gasteiger partial charge on any atom is 0.203 e. The maximum atomic E-state index is 6.44. The predicted molar refractivity (Wildman–Crippen MR) is 104 cm³/mol. The van der Waals surface area contributed by atoms with Crippen LogP contribution in [-0.2, 0) is 13.1 Å². The minimum Gasteiger partial charge on any atom is -0.313 e. The van der Waals surface area contributed by atoms with Gasteiger partial charge in [-0.25, -0.2) is 4.98 Å². The summed E-state index contributed by atoms with van der Waals surface area (Å²) in [6.07, 6.45) is 2.26. The van der Waals surface area contributed by atoms with Crippen LogP contribution in [0, 0.1) is 0 Å². The highest BCUT2D eigenvalue weighted by atomic mass is 35.5. The highest BCUT2D eigenvalue weighted by molar-refractivity contribution is 6.32. The van der Waals surface area contributed by atoms with Crippen molar-refractivity contribution in [2.75, 3.05) is 6.54 Å². The first-order valence-corrected chi connectivity index (χ1v) is 7.93. The van der Waals surface area contributed by atoms with Gasteiger partial charge < -0.3 is 4.57 Å². The van der Waals surface area contributed by atoms with Crippen LogP contribution in [0.3, 0.4) is 0 Å². The number of rotatable bonds is 2. The van der Waals surface area contributed by atoms with Crippen molar-refractivity contribution in [2.45, 2.75) is 39.9 Å². The summed E-state index contributed by atoms with van der Waals surface area (Å²) in [7, 11) is 0. The monoisotopic (exact) mass is 395 g/mol. The molecule has 7 heteroatoms. The van der Waals surface area contributed by atoms with E-state index in [0.717, 1.165) is 41.3 Å². The number of halogens is 4. The SMILES string of the molecule is CC(C)=CCN1Cc2c(Cl)ccc3nc(Cl)n(c23)C[C@@H]1C.Cl.Cl. The molecule has 2 aromatic rings. The molecule has 1 aliphatic heterocycles. The molecule has 0 fully saturated rings. The van der Waals surface area contributed by atoms with Gasteiger partial charge in [0.15, 0.2) is 0 Å². The Hall–Kier alpha value is -0.450. The molecular weight excluding hydrogens is 376 g/mol. The predicted octanol–water partition coefficient (Wildman–Crippen LogP) is 5.36. The largest absolute Gasteiger partial charge is 0.313 e. The van der Waals surface area contributed by atoms with Crippen LogP contribution >= 0.6 is 48.0 Å². The van der Waals surface area contributed by atoms with Gasteiger partial charge in [0.1, 0.15) is 0 Å². The number of aromatic nitrogens is 2. The molecule has 0 saturated heterocycles. The quantitative estimate of drug-likeness (QED) is 0.637. The van der Waals surface area contributed by atoms with E-state index in [1.807, 2.05) is 12.1 Å². The van der Waals surface area contributed by atoms with E-state index >= 15 is 0 Å². The van der Waals surface area contributed by atoms with Crippen LogP contribution < -0.4 is 0 Å². The normalized spacial score (nSPS) is 17.2. The van der Waals surface area contributed by atoms with Crippen molar-refractivity contribution in [3.63, 3.8) is 0 Å². The van der Waals surface area contributed by atoms with Crippen LogP contribution in [0.2, 0.25) is 10.3 Å². The van der Waals surface area contributed by atoms with Crippen molar-refractivity contribution in [3.8, 4) is 0 Å². The van der Waals surface area contributed by atoms with Gasteiger partial charge in [-0.15, -0.1) is 24.8 Å². The summed E-state index contributed by atoms with van der Waals surface area (Å²) in [6, 6.07) is 4.24. The lowest BCUT2D eigenvalue weighted by Gasteiger charge is -2.26. The zero-order valence-electron chi connectivity index (χ0n) is 13.3. The fourth-order valence-electron chi connectivity index (χ4n) is 2.84. The van der Waals surface area contributed by atoms with Crippen molar-refractivity contribution in [1.82, 2.24) is 14.5 Å². The second kappa shape index (κ2) is 8.09. The molecule has 2 heterocycles. The van der Waals surface area contributed by atoms with Crippen LogP contribution in [0.15, 0.2) is 23.8 Å². The molecule has 3 nitrogen and oxygen atoms in total. The zero-order chi connectivity index (χ0) is 15.1. The molecule has 1 aromatic carbocycles. The average Bonchev–Trinajstić information content (AvgIpc) is 2.64. The molecule has 0 radical (unpaired) electrons. The summed E-state index contributed by atoms with van der Waals surface area (Å²) in [5.41, 5.74) is 4.46. The van der Waals surface area contributed by atoms with Gasteiger partial charge in [-0.1, -0.05) is 23.3 Å². The molecule has 0 N–H and O–H groups in total. The van der Waals surface area contributed by atoms with Gasteiger partial charge in [-0.3, -0.25) is 4.90 Å². The number of nitrogens with zero attached hydrogens (tertiary/aromatic N) is 3. The lowest BCUT2D eigenvalue weighted by molar-refractivity contribution is 0.211. The molecule has 0 bridgehead atoms. The van der Waals surface area contributed by atoms with E-state index in [1.165, 1.54) is 5.57 Å². The van der Waals surface area contributed by atoms with Gasteiger partial charge in [0.2, 0.25) is 5.28 Å². The molecule has 23 heavy (non-hydrogen) atoms. The Bertz CT molecular complexity index is 720. The van der Waals surface area contributed by atoms with Crippen molar-refractivity contribution in [2.24, 2.45) is 0 Å². The summed E-state index contributed by atoms with van der Waals surface area (Å²) in [4.78, 5) is 6.87. The van der Waals surface area contributed by atoms with Crippen molar-refractivity contribution < 1.29 is 0 Å². The Morgan fingerprint density at radius 1 is 1.30 bits per heavy atom. The fraction of sp³-hybridized carbons (Fsp3) is 0.438. The molecule has 1 aromatic heterocycles. The first kappa shape index (κ1) is 20.6. The lowest BCUT2D eigenvalue weighted by atomic mass is 10.1. The highest BCUT2D eigenvalue weighted by Crippen LogP contribution is 2.33. The van der Waals surface area contributed by atoms with Gasteiger partial charge in [0, 0.05) is 36.3 Å². The highest BCUT2D eigenvalue weighted by Gasteiger charge is 2.25. The Morgan fingerprint density at radius 3 is 2.65 bits per heavy atom. The molecule has 0 aliphatic carbocycles. The first-order chi connectivity index (χ1) is 9.97. The fourth-order valence-corrected chi connectivity index (χ4v) is 3.30. The average molecular weight is 397 g/mol. The second-order valence-electron chi connectivity index (χ2n) is 5.95. The van der Waals surface area contributed by atoms with Gasteiger partial charge >= 0.3 is 0 Å². The zero-order valence-corrected chi connectivity index (χ0v) is 16.5. The van der Waals surface area contributed by atoms with Crippen molar-refractivity contribution in [1.29, 1.82) is 0 Å². The van der Waals surface area contributed by atoms with Crippen LogP contribution in [-0.4, -0.2) is 27.0 Å². The van der Waals surface area contributed by atoms with Crippen LogP contribution in [0.5, 0.6) is 0 Å². The molecule has 1 aliphatic rings. The number of benzene rings is 1. The van der Waals surface area contributed by atoms with Gasteiger partial charge in [0.05, 0.1) is 11.0 Å².